The Morgan fingerprint density at radius 1 is 1.00 bits per heavy atom. The highest BCUT2D eigenvalue weighted by molar-refractivity contribution is 6.05. The van der Waals surface area contributed by atoms with E-state index < -0.39 is 11.9 Å². The van der Waals surface area contributed by atoms with Gasteiger partial charge in [0, 0.05) is 0 Å². The number of rotatable bonds is 6. The maximum absolute atomic E-state index is 12.1. The lowest BCUT2D eigenvalue weighted by Gasteiger charge is -2.16. The number of methoxy groups -OCH3 is 2. The number of ether oxygens (including phenoxy) is 2. The maximum Gasteiger partial charge on any atom is 0.339 e. The number of carbonyl (C=O) groups is 2. The van der Waals surface area contributed by atoms with Crippen molar-refractivity contribution in [3.05, 3.63) is 33.9 Å². The second kappa shape index (κ2) is 7.81. The van der Waals surface area contributed by atoms with E-state index in [2.05, 4.69) is 6.92 Å². The Kier molecular flexibility index (Phi) is 6.40. The fraction of sp³-hybridized carbons (Fsp3) is 0.529. The Morgan fingerprint density at radius 2 is 1.57 bits per heavy atom. The van der Waals surface area contributed by atoms with E-state index in [1.165, 1.54) is 14.2 Å². The normalized spacial score (nSPS) is 10.3. The van der Waals surface area contributed by atoms with Crippen molar-refractivity contribution in [1.82, 2.24) is 0 Å². The third-order valence-corrected chi connectivity index (χ3v) is 3.72. The minimum atomic E-state index is -0.504. The Labute approximate surface area is 126 Å². The highest BCUT2D eigenvalue weighted by Crippen LogP contribution is 2.26. The molecule has 1 aromatic carbocycles. The van der Waals surface area contributed by atoms with Crippen LogP contribution in [-0.2, 0) is 15.9 Å². The van der Waals surface area contributed by atoms with Gasteiger partial charge in [-0.3, -0.25) is 0 Å². The predicted octanol–water partition coefficient (Wildman–Crippen LogP) is 3.61. The average Bonchev–Trinajstić information content (AvgIpc) is 2.48. The summed E-state index contributed by atoms with van der Waals surface area (Å²) >= 11 is 0. The van der Waals surface area contributed by atoms with Crippen LogP contribution in [0.5, 0.6) is 0 Å². The summed E-state index contributed by atoms with van der Waals surface area (Å²) < 4.78 is 9.64. The van der Waals surface area contributed by atoms with Gasteiger partial charge in [0.1, 0.15) is 0 Å². The topological polar surface area (TPSA) is 52.6 Å². The number of benzene rings is 1. The first-order valence-electron chi connectivity index (χ1n) is 7.27. The van der Waals surface area contributed by atoms with Gasteiger partial charge in [-0.15, -0.1) is 0 Å². The van der Waals surface area contributed by atoms with E-state index in [4.69, 9.17) is 9.47 Å². The van der Waals surface area contributed by atoms with Crippen LogP contribution in [0.1, 0.15) is 63.6 Å². The molecule has 0 saturated carbocycles. The molecule has 0 amide bonds. The molecule has 116 valence electrons. The molecule has 0 aromatic heterocycles. The number of hydrogen-bond acceptors (Lipinski definition) is 4. The minimum Gasteiger partial charge on any atom is -0.465 e. The number of esters is 2. The van der Waals surface area contributed by atoms with Crippen LogP contribution >= 0.6 is 0 Å². The number of hydrogen-bond donors (Lipinski definition) is 0. The molecule has 1 rings (SSSR count). The zero-order valence-electron chi connectivity index (χ0n) is 13.5. The van der Waals surface area contributed by atoms with Gasteiger partial charge < -0.3 is 9.47 Å². The minimum absolute atomic E-state index is 0.307. The second-order valence-electron chi connectivity index (χ2n) is 5.17. The molecule has 4 heteroatoms. The average molecular weight is 292 g/mol. The fourth-order valence-corrected chi connectivity index (χ4v) is 2.53. The molecule has 4 nitrogen and oxygen atoms in total. The number of aryl methyl sites for hydroxylation is 2. The summed E-state index contributed by atoms with van der Waals surface area (Å²) in [6, 6.07) is 1.98. The molecule has 0 atom stereocenters. The molecule has 0 heterocycles. The van der Waals surface area contributed by atoms with Gasteiger partial charge in [0.15, 0.2) is 0 Å². The van der Waals surface area contributed by atoms with Gasteiger partial charge in [-0.2, -0.15) is 0 Å². The third kappa shape index (κ3) is 3.84. The van der Waals surface area contributed by atoms with E-state index >= 15 is 0 Å². The van der Waals surface area contributed by atoms with Crippen molar-refractivity contribution in [1.29, 1.82) is 0 Å². The Hall–Kier alpha value is -1.84. The summed E-state index contributed by atoms with van der Waals surface area (Å²) in [6.45, 7) is 5.83. The van der Waals surface area contributed by atoms with Gasteiger partial charge in [-0.05, 0) is 43.4 Å². The Morgan fingerprint density at radius 3 is 2.10 bits per heavy atom. The van der Waals surface area contributed by atoms with Gasteiger partial charge in [0.05, 0.1) is 25.3 Å². The van der Waals surface area contributed by atoms with Crippen molar-refractivity contribution < 1.29 is 19.1 Å². The Bertz CT molecular complexity index is 532. The highest BCUT2D eigenvalue weighted by atomic mass is 16.5. The molecular weight excluding hydrogens is 268 g/mol. The van der Waals surface area contributed by atoms with E-state index in [1.54, 1.807) is 0 Å². The monoisotopic (exact) mass is 292 g/mol. The summed E-state index contributed by atoms with van der Waals surface area (Å²) in [5, 5.41) is 0. The quantitative estimate of drug-likeness (QED) is 0.593. The van der Waals surface area contributed by atoms with Crippen LogP contribution in [0.3, 0.4) is 0 Å². The van der Waals surface area contributed by atoms with Crippen molar-refractivity contribution in [2.75, 3.05) is 14.2 Å². The molecule has 0 aliphatic rings. The molecule has 0 N–H and O–H groups in total. The first-order valence-corrected chi connectivity index (χ1v) is 7.27. The summed E-state index contributed by atoms with van der Waals surface area (Å²) in [6.07, 6.45) is 4.24. The molecular formula is C17H24O4. The van der Waals surface area contributed by atoms with E-state index in [-0.39, 0.29) is 0 Å². The van der Waals surface area contributed by atoms with E-state index in [9.17, 15) is 9.59 Å². The molecule has 0 fully saturated rings. The van der Waals surface area contributed by atoms with Gasteiger partial charge >= 0.3 is 11.9 Å². The SMILES string of the molecule is CCCCCc1cc(C)c(C(=O)OC)c(C(=O)OC)c1C. The smallest absolute Gasteiger partial charge is 0.339 e. The van der Waals surface area contributed by atoms with Crippen molar-refractivity contribution in [3.63, 3.8) is 0 Å². The molecule has 0 radical (unpaired) electrons. The molecule has 21 heavy (non-hydrogen) atoms. The van der Waals surface area contributed by atoms with Crippen LogP contribution in [0.4, 0.5) is 0 Å². The standard InChI is InChI=1S/C17H24O4/c1-6-7-8-9-13-10-11(2)14(16(18)20-4)15(12(13)3)17(19)21-5/h10H,6-9H2,1-5H3. The first-order chi connectivity index (χ1) is 9.97. The van der Waals surface area contributed by atoms with Crippen molar-refractivity contribution in [2.45, 2.75) is 46.5 Å². The highest BCUT2D eigenvalue weighted by Gasteiger charge is 2.25. The number of unbranched alkanes of at least 4 members (excludes halogenated alkanes) is 2. The number of carbonyl (C=O) groups excluding carboxylic acids is 2. The fourth-order valence-electron chi connectivity index (χ4n) is 2.53. The molecule has 0 aliphatic heterocycles. The molecule has 0 unspecified atom stereocenters. The summed E-state index contributed by atoms with van der Waals surface area (Å²) in [5.41, 5.74) is 3.29. The Balaban J connectivity index is 3.38. The lowest BCUT2D eigenvalue weighted by atomic mass is 9.90. The van der Waals surface area contributed by atoms with Crippen LogP contribution in [-0.4, -0.2) is 26.2 Å². The van der Waals surface area contributed by atoms with Crippen molar-refractivity contribution in [2.24, 2.45) is 0 Å². The molecule has 1 aromatic rings. The van der Waals surface area contributed by atoms with Crippen LogP contribution in [0.2, 0.25) is 0 Å². The van der Waals surface area contributed by atoms with Crippen LogP contribution < -0.4 is 0 Å². The maximum atomic E-state index is 12.1. The van der Waals surface area contributed by atoms with Gasteiger partial charge in [-0.1, -0.05) is 25.8 Å². The van der Waals surface area contributed by atoms with Crippen LogP contribution in [0.15, 0.2) is 6.07 Å². The molecule has 0 aliphatic carbocycles. The summed E-state index contributed by atoms with van der Waals surface area (Å²) in [7, 11) is 2.63. The van der Waals surface area contributed by atoms with E-state index in [0.29, 0.717) is 11.1 Å². The lowest BCUT2D eigenvalue weighted by Crippen LogP contribution is -2.17. The van der Waals surface area contributed by atoms with E-state index in [0.717, 1.165) is 42.4 Å². The predicted molar refractivity (Wildman–Crippen MR) is 81.8 cm³/mol. The third-order valence-electron chi connectivity index (χ3n) is 3.72. The lowest BCUT2D eigenvalue weighted by molar-refractivity contribution is 0.0553. The van der Waals surface area contributed by atoms with Crippen molar-refractivity contribution >= 4 is 11.9 Å². The van der Waals surface area contributed by atoms with Crippen LogP contribution in [0, 0.1) is 13.8 Å². The second-order valence-corrected chi connectivity index (χ2v) is 5.17. The summed E-state index contributed by atoms with van der Waals surface area (Å²) in [4.78, 5) is 24.0. The van der Waals surface area contributed by atoms with Crippen LogP contribution in [0.25, 0.3) is 0 Å². The zero-order valence-corrected chi connectivity index (χ0v) is 13.5. The van der Waals surface area contributed by atoms with Gasteiger partial charge in [0.2, 0.25) is 0 Å². The largest absolute Gasteiger partial charge is 0.465 e. The van der Waals surface area contributed by atoms with Gasteiger partial charge in [0.25, 0.3) is 0 Å². The van der Waals surface area contributed by atoms with E-state index in [1.807, 2.05) is 19.9 Å². The van der Waals surface area contributed by atoms with Crippen molar-refractivity contribution in [3.8, 4) is 0 Å². The summed E-state index contributed by atoms with van der Waals surface area (Å²) in [5.74, 6) is -0.996. The van der Waals surface area contributed by atoms with Gasteiger partial charge in [-0.25, -0.2) is 9.59 Å². The molecule has 0 bridgehead atoms. The molecule has 0 spiro atoms. The first kappa shape index (κ1) is 17.2. The zero-order chi connectivity index (χ0) is 16.0. The molecule has 0 saturated heterocycles.